The molecule has 0 aromatic carbocycles. The van der Waals surface area contributed by atoms with Crippen LogP contribution < -0.4 is 19.5 Å². The van der Waals surface area contributed by atoms with Crippen molar-refractivity contribution in [2.24, 2.45) is 0 Å². The average Bonchev–Trinajstić information content (AvgIpc) is 2.65. The van der Waals surface area contributed by atoms with Gasteiger partial charge in [0.05, 0.1) is 33.0 Å². The molecule has 1 aromatic heterocycles. The number of esters is 1. The maximum absolute atomic E-state index is 12.4. The first-order valence-corrected chi connectivity index (χ1v) is 9.47. The van der Waals surface area contributed by atoms with Crippen molar-refractivity contribution in [1.29, 1.82) is 0 Å². The van der Waals surface area contributed by atoms with Gasteiger partial charge in [0.2, 0.25) is 27.7 Å². The van der Waals surface area contributed by atoms with Gasteiger partial charge >= 0.3 is 12.0 Å². The molecule has 1 heterocycles. The van der Waals surface area contributed by atoms with Gasteiger partial charge in [0.1, 0.15) is 5.25 Å². The molecular weight excluding hydrogens is 412 g/mol. The first-order valence-electron chi connectivity index (χ1n) is 7.52. The number of sulfonamides is 1. The van der Waals surface area contributed by atoms with Gasteiger partial charge in [0, 0.05) is 4.86 Å². The molecule has 150 valence electrons. The molecule has 0 saturated carbocycles. The quantitative estimate of drug-likeness (QED) is 0.481. The molecule has 1 unspecified atom stereocenters. The van der Waals surface area contributed by atoms with Crippen molar-refractivity contribution in [3.05, 3.63) is 29.9 Å². The van der Waals surface area contributed by atoms with Crippen LogP contribution in [0.2, 0.25) is 0 Å². The third-order valence-electron chi connectivity index (χ3n) is 3.34. The summed E-state index contributed by atoms with van der Waals surface area (Å²) in [6, 6.07) is 0.255. The first kappa shape index (κ1) is 21.2. The van der Waals surface area contributed by atoms with E-state index in [9.17, 15) is 18.0 Å². The summed E-state index contributed by atoms with van der Waals surface area (Å²) in [4.78, 5) is 31.2. The molecular formula is C15H16N4O7S2. The first-order chi connectivity index (χ1) is 13.2. The second-order valence-corrected chi connectivity index (χ2v) is 7.42. The molecule has 11 nitrogen and oxygen atoms in total. The Morgan fingerprint density at radius 1 is 1.14 bits per heavy atom. The van der Waals surface area contributed by atoms with E-state index in [1.54, 1.807) is 0 Å². The molecule has 2 N–H and O–H groups in total. The van der Waals surface area contributed by atoms with Gasteiger partial charge in [-0.1, -0.05) is 18.3 Å². The van der Waals surface area contributed by atoms with E-state index in [2.05, 4.69) is 20.0 Å². The van der Waals surface area contributed by atoms with Crippen LogP contribution in [-0.2, 0) is 19.6 Å². The number of thiocarbonyl (C=S) groups is 1. The van der Waals surface area contributed by atoms with Gasteiger partial charge < -0.3 is 14.2 Å². The standard InChI is InChI=1S/C15H16N4O7S2/c1-24-11-7-12(25-2)17-14(16-11)18-15(21)19-28(22,23)10-5-4-8(6-9(10)27)13(20)26-3/h4-7,10H,1-3H3,(H2,16,17,18,19,21). The van der Waals surface area contributed by atoms with Crippen LogP contribution in [0, 0.1) is 0 Å². The van der Waals surface area contributed by atoms with Crippen molar-refractivity contribution < 1.29 is 32.2 Å². The Balaban J connectivity index is 2.12. The minimum Gasteiger partial charge on any atom is -0.481 e. The number of nitrogens with one attached hydrogen (secondary N) is 2. The van der Waals surface area contributed by atoms with E-state index >= 15 is 0 Å². The number of amides is 2. The normalized spacial score (nSPS) is 16.0. The van der Waals surface area contributed by atoms with Crippen molar-refractivity contribution >= 4 is 45.1 Å². The summed E-state index contributed by atoms with van der Waals surface area (Å²) in [7, 11) is -0.359. The van der Waals surface area contributed by atoms with Crippen molar-refractivity contribution in [1.82, 2.24) is 14.7 Å². The molecule has 28 heavy (non-hydrogen) atoms. The van der Waals surface area contributed by atoms with E-state index in [0.29, 0.717) is 0 Å². The monoisotopic (exact) mass is 428 g/mol. The molecule has 0 bridgehead atoms. The number of rotatable bonds is 6. The second-order valence-electron chi connectivity index (χ2n) is 5.15. The fraction of sp³-hybridized carbons (Fsp3) is 0.267. The van der Waals surface area contributed by atoms with Crippen LogP contribution in [-0.4, -0.2) is 61.8 Å². The summed E-state index contributed by atoms with van der Waals surface area (Å²) < 4.78 is 41.1. The Hall–Kier alpha value is -3.06. The number of carbonyl (C=O) groups excluding carboxylic acids is 2. The third kappa shape index (κ3) is 5.01. The predicted molar refractivity (Wildman–Crippen MR) is 102 cm³/mol. The van der Waals surface area contributed by atoms with Crippen LogP contribution in [0.15, 0.2) is 29.9 Å². The molecule has 1 aliphatic rings. The zero-order valence-electron chi connectivity index (χ0n) is 15.0. The van der Waals surface area contributed by atoms with Crippen LogP contribution >= 0.6 is 12.2 Å². The van der Waals surface area contributed by atoms with Gasteiger partial charge in [-0.3, -0.25) is 5.32 Å². The number of allylic oxidation sites excluding steroid dienone is 1. The summed E-state index contributed by atoms with van der Waals surface area (Å²) >= 11 is 5.02. The number of ether oxygens (including phenoxy) is 3. The molecule has 1 aliphatic carbocycles. The van der Waals surface area contributed by atoms with Crippen LogP contribution in [0.5, 0.6) is 11.8 Å². The molecule has 0 aliphatic heterocycles. The SMILES string of the molecule is COC(=O)C1=CC(=S)C(S(=O)(=O)NC(=O)Nc2nc(OC)cc(OC)n2)C=C1. The fourth-order valence-corrected chi connectivity index (χ4v) is 3.74. The van der Waals surface area contributed by atoms with Crippen LogP contribution in [0.4, 0.5) is 10.7 Å². The number of carbonyl (C=O) groups is 2. The Kier molecular flexibility index (Phi) is 6.64. The number of methoxy groups -OCH3 is 3. The number of hydrogen-bond acceptors (Lipinski definition) is 10. The summed E-state index contributed by atoms with van der Waals surface area (Å²) in [5.74, 6) is -0.702. The van der Waals surface area contributed by atoms with E-state index in [0.717, 1.165) is 0 Å². The van der Waals surface area contributed by atoms with Gasteiger partial charge in [-0.15, -0.1) is 0 Å². The largest absolute Gasteiger partial charge is 0.481 e. The van der Waals surface area contributed by atoms with E-state index in [-0.39, 0.29) is 28.1 Å². The minimum atomic E-state index is -4.24. The predicted octanol–water partition coefficient (Wildman–Crippen LogP) is 0.353. The number of hydrogen-bond donors (Lipinski definition) is 2. The van der Waals surface area contributed by atoms with E-state index in [4.69, 9.17) is 21.7 Å². The maximum atomic E-state index is 12.4. The van der Waals surface area contributed by atoms with Crippen molar-refractivity contribution in [2.75, 3.05) is 26.6 Å². The lowest BCUT2D eigenvalue weighted by molar-refractivity contribution is -0.135. The number of nitrogens with zero attached hydrogens (tertiary/aromatic N) is 2. The zero-order chi connectivity index (χ0) is 20.9. The molecule has 0 fully saturated rings. The van der Waals surface area contributed by atoms with Crippen molar-refractivity contribution in [3.63, 3.8) is 0 Å². The van der Waals surface area contributed by atoms with E-state index < -0.39 is 27.3 Å². The van der Waals surface area contributed by atoms with Crippen LogP contribution in [0.1, 0.15) is 0 Å². The van der Waals surface area contributed by atoms with Crippen molar-refractivity contribution in [2.45, 2.75) is 5.25 Å². The van der Waals surface area contributed by atoms with Gasteiger partial charge in [0.25, 0.3) is 0 Å². The minimum absolute atomic E-state index is 0.0810. The van der Waals surface area contributed by atoms with Gasteiger partial charge in [-0.05, 0) is 12.2 Å². The lowest BCUT2D eigenvalue weighted by atomic mass is 10.1. The zero-order valence-corrected chi connectivity index (χ0v) is 16.6. The summed E-state index contributed by atoms with van der Waals surface area (Å²) in [6.45, 7) is 0. The lowest BCUT2D eigenvalue weighted by Gasteiger charge is -2.18. The van der Waals surface area contributed by atoms with Gasteiger partial charge in [0.15, 0.2) is 0 Å². The molecule has 0 radical (unpaired) electrons. The Morgan fingerprint density at radius 2 is 1.75 bits per heavy atom. The van der Waals surface area contributed by atoms with E-state index in [1.165, 1.54) is 45.6 Å². The summed E-state index contributed by atoms with van der Waals surface area (Å²) in [6.07, 6.45) is 3.62. The van der Waals surface area contributed by atoms with Crippen molar-refractivity contribution in [3.8, 4) is 11.8 Å². The van der Waals surface area contributed by atoms with Crippen LogP contribution in [0.3, 0.4) is 0 Å². The Labute approximate surface area is 165 Å². The fourth-order valence-electron chi connectivity index (χ4n) is 2.06. The molecule has 2 rings (SSSR count). The number of anilines is 1. The average molecular weight is 428 g/mol. The topological polar surface area (TPSA) is 146 Å². The van der Waals surface area contributed by atoms with Gasteiger partial charge in [-0.25, -0.2) is 22.7 Å². The molecule has 0 spiro atoms. The smallest absolute Gasteiger partial charge is 0.337 e. The third-order valence-corrected chi connectivity index (χ3v) is 5.41. The number of urea groups is 1. The second kappa shape index (κ2) is 8.75. The maximum Gasteiger partial charge on any atom is 0.337 e. The Morgan fingerprint density at radius 3 is 2.25 bits per heavy atom. The highest BCUT2D eigenvalue weighted by Crippen LogP contribution is 2.18. The molecule has 1 aromatic rings. The molecule has 0 saturated heterocycles. The number of aromatic nitrogens is 2. The summed E-state index contributed by atoms with van der Waals surface area (Å²) in [5, 5.41) is 0.838. The highest BCUT2D eigenvalue weighted by atomic mass is 32.2. The molecule has 2 amide bonds. The molecule has 1 atom stereocenters. The van der Waals surface area contributed by atoms with Crippen LogP contribution in [0.25, 0.3) is 0 Å². The Bertz CT molecular complexity index is 950. The highest BCUT2D eigenvalue weighted by Gasteiger charge is 2.31. The highest BCUT2D eigenvalue weighted by molar-refractivity contribution is 7.93. The lowest BCUT2D eigenvalue weighted by Crippen LogP contribution is -2.43. The summed E-state index contributed by atoms with van der Waals surface area (Å²) in [5.41, 5.74) is 0.0975. The van der Waals surface area contributed by atoms with E-state index in [1.807, 2.05) is 4.72 Å². The van der Waals surface area contributed by atoms with Gasteiger partial charge in [-0.2, -0.15) is 9.97 Å². The molecule has 13 heteroatoms.